The summed E-state index contributed by atoms with van der Waals surface area (Å²) in [6, 6.07) is 12.1. The first-order chi connectivity index (χ1) is 10.1. The van der Waals surface area contributed by atoms with Crippen molar-refractivity contribution in [3.63, 3.8) is 0 Å². The van der Waals surface area contributed by atoms with E-state index in [1.807, 2.05) is 24.3 Å². The van der Waals surface area contributed by atoms with Crippen LogP contribution in [0.4, 0.5) is 0 Å². The molecule has 0 aromatic heterocycles. The van der Waals surface area contributed by atoms with Gasteiger partial charge in [0.15, 0.2) is 0 Å². The van der Waals surface area contributed by atoms with Gasteiger partial charge < -0.3 is 9.84 Å². The largest absolute Gasteiger partial charge is 0.395 e. The molecule has 3 rings (SSSR count). The Morgan fingerprint density at radius 3 is 2.76 bits per heavy atom. The molecule has 0 spiro atoms. The van der Waals surface area contributed by atoms with Crippen molar-refractivity contribution in [3.8, 4) is 0 Å². The molecule has 21 heavy (non-hydrogen) atoms. The third kappa shape index (κ3) is 2.55. The lowest BCUT2D eigenvalue weighted by molar-refractivity contribution is 0.0109. The van der Waals surface area contributed by atoms with Crippen LogP contribution < -0.4 is 0 Å². The molecule has 0 saturated carbocycles. The van der Waals surface area contributed by atoms with E-state index in [0.717, 1.165) is 5.39 Å². The molecule has 2 aromatic carbocycles. The van der Waals surface area contributed by atoms with Crippen LogP contribution in [-0.2, 0) is 14.8 Å². The van der Waals surface area contributed by atoms with E-state index in [2.05, 4.69) is 0 Å². The second-order valence-corrected chi connectivity index (χ2v) is 6.86. The minimum Gasteiger partial charge on any atom is -0.395 e. The molecule has 6 heteroatoms. The maximum Gasteiger partial charge on any atom is 0.244 e. The molecule has 5 nitrogen and oxygen atoms in total. The van der Waals surface area contributed by atoms with E-state index >= 15 is 0 Å². The van der Waals surface area contributed by atoms with E-state index in [0.29, 0.717) is 12.0 Å². The second-order valence-electron chi connectivity index (χ2n) is 5.00. The van der Waals surface area contributed by atoms with Crippen LogP contribution in [0.3, 0.4) is 0 Å². The number of nitrogens with zero attached hydrogens (tertiary/aromatic N) is 1. The summed E-state index contributed by atoms with van der Waals surface area (Å²) in [6.45, 7) is 0.585. The molecule has 1 fully saturated rings. The number of benzene rings is 2. The number of fused-ring (bicyclic) bond motifs is 1. The number of hydrogen-bond acceptors (Lipinski definition) is 4. The fourth-order valence-corrected chi connectivity index (χ4v) is 4.45. The van der Waals surface area contributed by atoms with Gasteiger partial charge in [-0.1, -0.05) is 36.4 Å². The van der Waals surface area contributed by atoms with Crippen molar-refractivity contribution in [1.82, 2.24) is 4.31 Å². The van der Waals surface area contributed by atoms with Crippen LogP contribution in [0.1, 0.15) is 0 Å². The van der Waals surface area contributed by atoms with Gasteiger partial charge in [-0.15, -0.1) is 0 Å². The predicted molar refractivity (Wildman–Crippen MR) is 79.5 cm³/mol. The number of hydrogen-bond donors (Lipinski definition) is 1. The van der Waals surface area contributed by atoms with E-state index in [-0.39, 0.29) is 24.7 Å². The van der Waals surface area contributed by atoms with E-state index in [1.54, 1.807) is 18.2 Å². The van der Waals surface area contributed by atoms with Gasteiger partial charge in [0.1, 0.15) is 0 Å². The SMILES string of the molecule is O=S(=O)(c1cccc2ccccc12)N1CCOCC1CO. The molecule has 0 amide bonds. The Balaban J connectivity index is 2.12. The highest BCUT2D eigenvalue weighted by molar-refractivity contribution is 7.89. The minimum atomic E-state index is -3.66. The van der Waals surface area contributed by atoms with Crippen LogP contribution in [0.25, 0.3) is 10.8 Å². The zero-order valence-corrected chi connectivity index (χ0v) is 12.3. The van der Waals surface area contributed by atoms with Crippen molar-refractivity contribution >= 4 is 20.8 Å². The molecule has 0 bridgehead atoms. The Bertz CT molecular complexity index is 739. The Kier molecular flexibility index (Phi) is 3.95. The van der Waals surface area contributed by atoms with Crippen molar-refractivity contribution in [1.29, 1.82) is 0 Å². The van der Waals surface area contributed by atoms with Crippen molar-refractivity contribution in [2.45, 2.75) is 10.9 Å². The van der Waals surface area contributed by atoms with Crippen molar-refractivity contribution in [3.05, 3.63) is 42.5 Å². The molecule has 1 atom stereocenters. The first-order valence-electron chi connectivity index (χ1n) is 6.83. The number of aliphatic hydroxyl groups excluding tert-OH is 1. The highest BCUT2D eigenvalue weighted by Crippen LogP contribution is 2.27. The van der Waals surface area contributed by atoms with Gasteiger partial charge in [0, 0.05) is 11.9 Å². The molecule has 112 valence electrons. The summed E-state index contributed by atoms with van der Waals surface area (Å²) >= 11 is 0. The van der Waals surface area contributed by atoms with Crippen LogP contribution in [0, 0.1) is 0 Å². The summed E-state index contributed by atoms with van der Waals surface area (Å²) in [7, 11) is -3.66. The number of rotatable bonds is 3. The van der Waals surface area contributed by atoms with Gasteiger partial charge in [0.2, 0.25) is 10.0 Å². The normalized spacial score (nSPS) is 20.7. The lowest BCUT2D eigenvalue weighted by Crippen LogP contribution is -2.50. The average Bonchev–Trinajstić information content (AvgIpc) is 2.54. The second kappa shape index (κ2) is 5.73. The molecule has 1 N–H and O–H groups in total. The minimum absolute atomic E-state index is 0.223. The number of aliphatic hydroxyl groups is 1. The van der Waals surface area contributed by atoms with E-state index < -0.39 is 16.1 Å². The topological polar surface area (TPSA) is 66.8 Å². The fraction of sp³-hybridized carbons (Fsp3) is 0.333. The number of sulfonamides is 1. The van der Waals surface area contributed by atoms with Gasteiger partial charge in [-0.25, -0.2) is 8.42 Å². The van der Waals surface area contributed by atoms with Crippen LogP contribution in [-0.4, -0.2) is 50.2 Å². The number of morpholine rings is 1. The quantitative estimate of drug-likeness (QED) is 0.926. The highest BCUT2D eigenvalue weighted by Gasteiger charge is 2.34. The summed E-state index contributed by atoms with van der Waals surface area (Å²) < 4.78 is 32.5. The summed E-state index contributed by atoms with van der Waals surface area (Å²) in [5.41, 5.74) is 0. The van der Waals surface area contributed by atoms with Gasteiger partial charge in [-0.3, -0.25) is 0 Å². The van der Waals surface area contributed by atoms with Crippen LogP contribution >= 0.6 is 0 Å². The lowest BCUT2D eigenvalue weighted by Gasteiger charge is -2.33. The first kappa shape index (κ1) is 14.5. The average molecular weight is 307 g/mol. The van der Waals surface area contributed by atoms with E-state index in [9.17, 15) is 13.5 Å². The zero-order chi connectivity index (χ0) is 14.9. The van der Waals surface area contributed by atoms with Gasteiger partial charge in [0.05, 0.1) is 30.8 Å². The molecule has 0 radical (unpaired) electrons. The molecule has 1 aliphatic rings. The maximum absolute atomic E-state index is 12.9. The van der Waals surface area contributed by atoms with E-state index in [1.165, 1.54) is 4.31 Å². The van der Waals surface area contributed by atoms with Crippen molar-refractivity contribution in [2.75, 3.05) is 26.4 Å². The first-order valence-corrected chi connectivity index (χ1v) is 8.27. The Hall–Kier alpha value is -1.47. The van der Waals surface area contributed by atoms with Gasteiger partial charge in [0.25, 0.3) is 0 Å². The third-order valence-electron chi connectivity index (χ3n) is 3.72. The molecule has 2 aromatic rings. The van der Waals surface area contributed by atoms with Crippen LogP contribution in [0.5, 0.6) is 0 Å². The number of ether oxygens (including phenoxy) is 1. The molecular weight excluding hydrogens is 290 g/mol. The van der Waals surface area contributed by atoms with Gasteiger partial charge >= 0.3 is 0 Å². The molecule has 1 aliphatic heterocycles. The van der Waals surface area contributed by atoms with Crippen LogP contribution in [0.15, 0.2) is 47.4 Å². The summed E-state index contributed by atoms with van der Waals surface area (Å²) in [6.07, 6.45) is 0. The maximum atomic E-state index is 12.9. The summed E-state index contributed by atoms with van der Waals surface area (Å²) in [4.78, 5) is 0.279. The highest BCUT2D eigenvalue weighted by atomic mass is 32.2. The lowest BCUT2D eigenvalue weighted by atomic mass is 10.1. The third-order valence-corrected chi connectivity index (χ3v) is 5.73. The molecule has 1 unspecified atom stereocenters. The Labute approximate surface area is 123 Å². The Morgan fingerprint density at radius 2 is 1.95 bits per heavy atom. The zero-order valence-electron chi connectivity index (χ0n) is 11.5. The standard InChI is InChI=1S/C15H17NO4S/c17-10-13-11-20-9-8-16(13)21(18,19)15-7-3-5-12-4-1-2-6-14(12)15/h1-7,13,17H,8-11H2. The Morgan fingerprint density at radius 1 is 1.19 bits per heavy atom. The van der Waals surface area contributed by atoms with Crippen molar-refractivity contribution in [2.24, 2.45) is 0 Å². The molecule has 1 saturated heterocycles. The smallest absolute Gasteiger partial charge is 0.244 e. The van der Waals surface area contributed by atoms with Gasteiger partial charge in [-0.2, -0.15) is 4.31 Å². The predicted octanol–water partition coefficient (Wildman–Crippen LogP) is 1.22. The van der Waals surface area contributed by atoms with E-state index in [4.69, 9.17) is 4.74 Å². The van der Waals surface area contributed by atoms with Gasteiger partial charge in [-0.05, 0) is 11.5 Å². The molecule has 1 heterocycles. The monoisotopic (exact) mass is 307 g/mol. The fourth-order valence-electron chi connectivity index (χ4n) is 2.65. The van der Waals surface area contributed by atoms with Crippen molar-refractivity contribution < 1.29 is 18.3 Å². The summed E-state index contributed by atoms with van der Waals surface area (Å²) in [5, 5.41) is 11.0. The molecular formula is C15H17NO4S. The summed E-state index contributed by atoms with van der Waals surface area (Å²) in [5.74, 6) is 0. The molecule has 0 aliphatic carbocycles. The van der Waals surface area contributed by atoms with Crippen LogP contribution in [0.2, 0.25) is 0 Å².